The molecule has 0 spiro atoms. The molecular weight excluding hydrogens is 299 g/mol. The number of anilines is 2. The van der Waals surface area contributed by atoms with Gasteiger partial charge in [0.15, 0.2) is 5.82 Å². The Hall–Kier alpha value is -2.77. The van der Waals surface area contributed by atoms with E-state index in [-0.39, 0.29) is 12.1 Å². The highest BCUT2D eigenvalue weighted by atomic mass is 19.1. The molecule has 0 radical (unpaired) electrons. The van der Waals surface area contributed by atoms with Gasteiger partial charge in [0.2, 0.25) is 11.9 Å². The fraction of sp³-hybridized carbons (Fsp3) is 0.333. The zero-order valence-corrected chi connectivity index (χ0v) is 13.5. The molecule has 1 heterocycles. The number of rotatable bonds is 5. The maximum absolute atomic E-state index is 13.6. The summed E-state index contributed by atoms with van der Waals surface area (Å²) in [6.45, 7) is 0.0807. The van der Waals surface area contributed by atoms with Gasteiger partial charge >= 0.3 is 0 Å². The summed E-state index contributed by atoms with van der Waals surface area (Å²) in [5.41, 5.74) is -0.0118. The summed E-state index contributed by atoms with van der Waals surface area (Å²) in [6.07, 6.45) is 0. The Labute approximate surface area is 134 Å². The number of carbonyl (C=O) groups is 1. The van der Waals surface area contributed by atoms with Crippen LogP contribution >= 0.6 is 0 Å². The molecule has 0 atom stereocenters. The average Bonchev–Trinajstić information content (AvgIpc) is 2.52. The van der Waals surface area contributed by atoms with Crippen molar-refractivity contribution in [3.05, 3.63) is 41.5 Å². The van der Waals surface area contributed by atoms with Crippen molar-refractivity contribution in [2.75, 3.05) is 38.0 Å². The lowest BCUT2D eigenvalue weighted by Crippen LogP contribution is -2.26. The van der Waals surface area contributed by atoms with E-state index in [1.54, 1.807) is 15.9 Å². The minimum absolute atomic E-state index is 0.0118. The summed E-state index contributed by atoms with van der Waals surface area (Å²) in [5.74, 6) is 0.291. The van der Waals surface area contributed by atoms with E-state index in [9.17, 15) is 9.18 Å². The van der Waals surface area contributed by atoms with Gasteiger partial charge in [0.05, 0.1) is 12.1 Å². The van der Waals surface area contributed by atoms with Crippen molar-refractivity contribution >= 4 is 17.8 Å². The number of amides is 1. The maximum atomic E-state index is 13.6. The van der Waals surface area contributed by atoms with E-state index in [2.05, 4.69) is 20.3 Å². The second-order valence-corrected chi connectivity index (χ2v) is 5.30. The largest absolute Gasteiger partial charge is 0.347 e. The minimum Gasteiger partial charge on any atom is -0.347 e. The van der Waals surface area contributed by atoms with Crippen molar-refractivity contribution in [1.29, 1.82) is 0 Å². The topological polar surface area (TPSA) is 74.2 Å². The Bertz CT molecular complexity index is 678. The molecule has 1 amide bonds. The van der Waals surface area contributed by atoms with Crippen LogP contribution in [0.15, 0.2) is 24.3 Å². The first-order valence-electron chi connectivity index (χ1n) is 7.01. The predicted molar refractivity (Wildman–Crippen MR) is 86.1 cm³/mol. The molecule has 2 aromatic rings. The van der Waals surface area contributed by atoms with Gasteiger partial charge in [-0.3, -0.25) is 4.79 Å². The van der Waals surface area contributed by atoms with Crippen LogP contribution in [0.2, 0.25) is 0 Å². The third kappa shape index (κ3) is 4.12. The van der Waals surface area contributed by atoms with Crippen molar-refractivity contribution in [1.82, 2.24) is 20.3 Å². The number of nitrogens with one attached hydrogen (secondary N) is 1. The maximum Gasteiger partial charge on any atom is 0.254 e. The van der Waals surface area contributed by atoms with Gasteiger partial charge in [0.25, 0.3) is 5.91 Å². The van der Waals surface area contributed by atoms with E-state index in [1.807, 2.05) is 28.2 Å². The van der Waals surface area contributed by atoms with Crippen LogP contribution in [0.3, 0.4) is 0 Å². The highest BCUT2D eigenvalue weighted by Crippen LogP contribution is 2.11. The Balaban J connectivity index is 2.17. The number of hydrogen-bond donors (Lipinski definition) is 1. The highest BCUT2D eigenvalue weighted by Gasteiger charge is 2.13. The van der Waals surface area contributed by atoms with Gasteiger partial charge in [-0.05, 0) is 12.1 Å². The van der Waals surface area contributed by atoms with E-state index >= 15 is 0 Å². The number of halogens is 1. The summed E-state index contributed by atoms with van der Waals surface area (Å²) in [7, 11) is 7.26. The summed E-state index contributed by atoms with van der Waals surface area (Å²) in [4.78, 5) is 28.4. The van der Waals surface area contributed by atoms with Gasteiger partial charge < -0.3 is 15.1 Å². The third-order valence-corrected chi connectivity index (χ3v) is 2.98. The van der Waals surface area contributed by atoms with Crippen LogP contribution in [-0.4, -0.2) is 49.0 Å². The number of aromatic nitrogens is 3. The third-order valence-electron chi connectivity index (χ3n) is 2.98. The van der Waals surface area contributed by atoms with Crippen molar-refractivity contribution in [2.45, 2.75) is 6.54 Å². The summed E-state index contributed by atoms with van der Waals surface area (Å²) < 4.78 is 13.6. The Morgan fingerprint density at radius 1 is 1.04 bits per heavy atom. The fourth-order valence-electron chi connectivity index (χ4n) is 1.77. The zero-order chi connectivity index (χ0) is 17.0. The molecule has 0 unspecified atom stereocenters. The molecule has 0 saturated carbocycles. The molecule has 0 saturated heterocycles. The van der Waals surface area contributed by atoms with Crippen molar-refractivity contribution in [3.8, 4) is 0 Å². The summed E-state index contributed by atoms with van der Waals surface area (Å²) in [5, 5.41) is 2.62. The van der Waals surface area contributed by atoms with E-state index < -0.39 is 11.7 Å². The number of carbonyl (C=O) groups excluding carboxylic acids is 1. The Morgan fingerprint density at radius 3 is 2.13 bits per heavy atom. The second kappa shape index (κ2) is 6.99. The average molecular weight is 318 g/mol. The number of benzene rings is 1. The molecule has 7 nitrogen and oxygen atoms in total. The molecule has 1 aromatic carbocycles. The van der Waals surface area contributed by atoms with E-state index in [0.717, 1.165) is 0 Å². The van der Waals surface area contributed by atoms with Gasteiger partial charge in [-0.25, -0.2) is 4.39 Å². The molecular formula is C15H19FN6O. The normalized spacial score (nSPS) is 10.3. The minimum atomic E-state index is -0.566. The SMILES string of the molecule is CN(C)c1nc(CNC(=O)c2ccccc2F)nc(N(C)C)n1. The standard InChI is InChI=1S/C15H19FN6O/c1-21(2)14-18-12(19-15(20-14)22(3)4)9-17-13(23)10-7-5-6-8-11(10)16/h5-8H,9H2,1-4H3,(H,17,23). The van der Waals surface area contributed by atoms with Crippen LogP contribution in [0.1, 0.15) is 16.2 Å². The first kappa shape index (κ1) is 16.6. The lowest BCUT2D eigenvalue weighted by atomic mass is 10.2. The molecule has 0 bridgehead atoms. The lowest BCUT2D eigenvalue weighted by Gasteiger charge is -2.16. The van der Waals surface area contributed by atoms with Crippen LogP contribution in [0.4, 0.5) is 16.3 Å². The van der Waals surface area contributed by atoms with Crippen molar-refractivity contribution in [2.24, 2.45) is 0 Å². The molecule has 2 rings (SSSR count). The van der Waals surface area contributed by atoms with E-state index in [4.69, 9.17) is 0 Å². The first-order valence-corrected chi connectivity index (χ1v) is 7.01. The number of nitrogens with zero attached hydrogens (tertiary/aromatic N) is 5. The Morgan fingerprint density at radius 2 is 1.61 bits per heavy atom. The van der Waals surface area contributed by atoms with Crippen LogP contribution in [0.25, 0.3) is 0 Å². The first-order chi connectivity index (χ1) is 10.9. The van der Waals surface area contributed by atoms with Gasteiger partial charge in [-0.15, -0.1) is 0 Å². The number of hydrogen-bond acceptors (Lipinski definition) is 6. The summed E-state index contributed by atoms with van der Waals surface area (Å²) >= 11 is 0. The fourth-order valence-corrected chi connectivity index (χ4v) is 1.77. The highest BCUT2D eigenvalue weighted by molar-refractivity contribution is 5.94. The zero-order valence-electron chi connectivity index (χ0n) is 13.5. The van der Waals surface area contributed by atoms with Crippen molar-refractivity contribution < 1.29 is 9.18 Å². The van der Waals surface area contributed by atoms with Gasteiger partial charge in [-0.1, -0.05) is 12.1 Å². The molecule has 0 aliphatic rings. The van der Waals surface area contributed by atoms with Gasteiger partial charge in [0.1, 0.15) is 5.82 Å². The second-order valence-electron chi connectivity index (χ2n) is 5.30. The molecule has 1 aromatic heterocycles. The smallest absolute Gasteiger partial charge is 0.254 e. The van der Waals surface area contributed by atoms with Crippen LogP contribution in [0, 0.1) is 5.82 Å². The van der Waals surface area contributed by atoms with Gasteiger partial charge in [-0.2, -0.15) is 15.0 Å². The van der Waals surface area contributed by atoms with E-state index in [1.165, 1.54) is 18.2 Å². The molecule has 8 heteroatoms. The molecule has 23 heavy (non-hydrogen) atoms. The van der Waals surface area contributed by atoms with Crippen LogP contribution in [0.5, 0.6) is 0 Å². The lowest BCUT2D eigenvalue weighted by molar-refractivity contribution is 0.0946. The quantitative estimate of drug-likeness (QED) is 0.889. The molecule has 0 aliphatic carbocycles. The van der Waals surface area contributed by atoms with Gasteiger partial charge in [0, 0.05) is 28.2 Å². The molecule has 0 fully saturated rings. The monoisotopic (exact) mass is 318 g/mol. The van der Waals surface area contributed by atoms with Crippen LogP contribution in [-0.2, 0) is 6.54 Å². The Kier molecular flexibility index (Phi) is 5.05. The van der Waals surface area contributed by atoms with Crippen molar-refractivity contribution in [3.63, 3.8) is 0 Å². The predicted octanol–water partition coefficient (Wildman–Crippen LogP) is 1.07. The molecule has 122 valence electrons. The van der Waals surface area contributed by atoms with E-state index in [0.29, 0.717) is 17.7 Å². The van der Waals surface area contributed by atoms with Crippen LogP contribution < -0.4 is 15.1 Å². The summed E-state index contributed by atoms with van der Waals surface area (Å²) in [6, 6.07) is 5.81. The molecule has 0 aliphatic heterocycles. The molecule has 1 N–H and O–H groups in total.